The summed E-state index contributed by atoms with van der Waals surface area (Å²) in [5.41, 5.74) is 1.15. The average molecular weight is 407 g/mol. The Morgan fingerprint density at radius 1 is 1.07 bits per heavy atom. The molecular formula is C20H26N2O5S. The number of methoxy groups -OCH3 is 1. The van der Waals surface area contributed by atoms with Gasteiger partial charge in [0.2, 0.25) is 0 Å². The number of nitrogens with zero attached hydrogens (tertiary/aromatic N) is 1. The second-order valence-electron chi connectivity index (χ2n) is 6.39. The van der Waals surface area contributed by atoms with Crippen molar-refractivity contribution >= 4 is 21.8 Å². The molecule has 0 bridgehead atoms. The lowest BCUT2D eigenvalue weighted by molar-refractivity contribution is 0.193. The van der Waals surface area contributed by atoms with Crippen LogP contribution in [0.3, 0.4) is 0 Å². The van der Waals surface area contributed by atoms with Gasteiger partial charge in [-0.15, -0.1) is 0 Å². The molecule has 2 aromatic rings. The van der Waals surface area contributed by atoms with Crippen molar-refractivity contribution in [1.29, 1.82) is 0 Å². The van der Waals surface area contributed by atoms with Crippen LogP contribution in [0.2, 0.25) is 0 Å². The summed E-state index contributed by atoms with van der Waals surface area (Å²) in [6.07, 6.45) is 0. The lowest BCUT2D eigenvalue weighted by Crippen LogP contribution is -2.39. The summed E-state index contributed by atoms with van der Waals surface area (Å²) in [6.45, 7) is 5.47. The molecule has 0 unspecified atom stereocenters. The van der Waals surface area contributed by atoms with E-state index in [4.69, 9.17) is 8.92 Å². The van der Waals surface area contributed by atoms with Gasteiger partial charge < -0.3 is 19.1 Å². The SMILES string of the molecule is CCS(=O)(=O)Oc1ccccc1CN(C(=O)Nc1ccccc1OC)C(C)C. The van der Waals surface area contributed by atoms with Crippen molar-refractivity contribution in [3.63, 3.8) is 0 Å². The lowest BCUT2D eigenvalue weighted by Gasteiger charge is -2.28. The second-order valence-corrected chi connectivity index (χ2v) is 8.25. The molecular weight excluding hydrogens is 380 g/mol. The molecule has 0 saturated carbocycles. The average Bonchev–Trinajstić information content (AvgIpc) is 2.67. The summed E-state index contributed by atoms with van der Waals surface area (Å²) >= 11 is 0. The quantitative estimate of drug-likeness (QED) is 0.673. The first-order valence-corrected chi connectivity index (χ1v) is 10.6. The Morgan fingerprint density at radius 2 is 1.68 bits per heavy atom. The van der Waals surface area contributed by atoms with E-state index in [1.54, 1.807) is 47.4 Å². The van der Waals surface area contributed by atoms with E-state index in [-0.39, 0.29) is 30.1 Å². The predicted octanol–water partition coefficient (Wildman–Crippen LogP) is 3.87. The Labute approximate surface area is 166 Å². The van der Waals surface area contributed by atoms with Crippen LogP contribution in [0.15, 0.2) is 48.5 Å². The van der Waals surface area contributed by atoms with Crippen LogP contribution in [0.5, 0.6) is 11.5 Å². The molecule has 2 amide bonds. The first kappa shape index (κ1) is 21.6. The Morgan fingerprint density at radius 3 is 2.29 bits per heavy atom. The Balaban J connectivity index is 2.25. The summed E-state index contributed by atoms with van der Waals surface area (Å²) in [5, 5.41) is 2.84. The zero-order chi connectivity index (χ0) is 20.7. The number of hydrogen-bond acceptors (Lipinski definition) is 5. The molecule has 28 heavy (non-hydrogen) atoms. The number of carbonyl (C=O) groups excluding carboxylic acids is 1. The van der Waals surface area contributed by atoms with Crippen LogP contribution in [0.25, 0.3) is 0 Å². The summed E-state index contributed by atoms with van der Waals surface area (Å²) < 4.78 is 34.2. The maximum Gasteiger partial charge on any atom is 0.322 e. The van der Waals surface area contributed by atoms with E-state index >= 15 is 0 Å². The molecule has 0 aliphatic heterocycles. The van der Waals surface area contributed by atoms with Gasteiger partial charge in [-0.05, 0) is 39.0 Å². The van der Waals surface area contributed by atoms with E-state index in [0.717, 1.165) is 0 Å². The van der Waals surface area contributed by atoms with Gasteiger partial charge in [-0.1, -0.05) is 30.3 Å². The summed E-state index contributed by atoms with van der Waals surface area (Å²) in [5.74, 6) is 0.640. The van der Waals surface area contributed by atoms with E-state index in [2.05, 4.69) is 5.32 Å². The number of anilines is 1. The molecule has 0 aliphatic rings. The van der Waals surface area contributed by atoms with Crippen LogP contribution in [0.4, 0.5) is 10.5 Å². The van der Waals surface area contributed by atoms with Crippen LogP contribution in [0, 0.1) is 0 Å². The molecule has 152 valence electrons. The summed E-state index contributed by atoms with van der Waals surface area (Å²) in [4.78, 5) is 14.5. The molecule has 0 spiro atoms. The smallest absolute Gasteiger partial charge is 0.322 e. The minimum Gasteiger partial charge on any atom is -0.495 e. The summed E-state index contributed by atoms with van der Waals surface area (Å²) in [7, 11) is -2.13. The fourth-order valence-electron chi connectivity index (χ4n) is 2.52. The lowest BCUT2D eigenvalue weighted by atomic mass is 10.1. The van der Waals surface area contributed by atoms with Gasteiger partial charge in [0, 0.05) is 11.6 Å². The third kappa shape index (κ3) is 5.63. The molecule has 0 atom stereocenters. The third-order valence-electron chi connectivity index (χ3n) is 4.12. The Kier molecular flexibility index (Phi) is 7.28. The number of carbonyl (C=O) groups is 1. The van der Waals surface area contributed by atoms with Crippen molar-refractivity contribution in [3.05, 3.63) is 54.1 Å². The Hall–Kier alpha value is -2.74. The molecule has 0 radical (unpaired) electrons. The van der Waals surface area contributed by atoms with Crippen molar-refractivity contribution in [1.82, 2.24) is 4.90 Å². The number of nitrogens with one attached hydrogen (secondary N) is 1. The maximum absolute atomic E-state index is 12.9. The monoisotopic (exact) mass is 406 g/mol. The molecule has 8 heteroatoms. The predicted molar refractivity (Wildman–Crippen MR) is 109 cm³/mol. The van der Waals surface area contributed by atoms with E-state index < -0.39 is 10.1 Å². The van der Waals surface area contributed by atoms with Crippen molar-refractivity contribution in [2.45, 2.75) is 33.4 Å². The normalized spacial score (nSPS) is 11.2. The van der Waals surface area contributed by atoms with Gasteiger partial charge in [0.05, 0.1) is 25.1 Å². The molecule has 0 aromatic heterocycles. The first-order chi connectivity index (χ1) is 13.3. The minimum atomic E-state index is -3.66. The van der Waals surface area contributed by atoms with Gasteiger partial charge in [0.25, 0.3) is 0 Å². The van der Waals surface area contributed by atoms with Crippen molar-refractivity contribution in [3.8, 4) is 11.5 Å². The fourth-order valence-corrected chi connectivity index (χ4v) is 3.07. The van der Waals surface area contributed by atoms with Gasteiger partial charge in [-0.25, -0.2) is 4.79 Å². The topological polar surface area (TPSA) is 84.9 Å². The van der Waals surface area contributed by atoms with Gasteiger partial charge in [-0.2, -0.15) is 8.42 Å². The van der Waals surface area contributed by atoms with E-state index in [1.807, 2.05) is 19.9 Å². The van der Waals surface area contributed by atoms with Crippen LogP contribution >= 0.6 is 0 Å². The number of amides is 2. The summed E-state index contributed by atoms with van der Waals surface area (Å²) in [6, 6.07) is 13.5. The van der Waals surface area contributed by atoms with Crippen molar-refractivity contribution in [2.24, 2.45) is 0 Å². The molecule has 7 nitrogen and oxygen atoms in total. The highest BCUT2D eigenvalue weighted by molar-refractivity contribution is 7.87. The van der Waals surface area contributed by atoms with Crippen LogP contribution in [-0.4, -0.2) is 38.3 Å². The van der Waals surface area contributed by atoms with E-state index in [1.165, 1.54) is 14.0 Å². The highest BCUT2D eigenvalue weighted by Crippen LogP contribution is 2.26. The second kappa shape index (κ2) is 9.45. The number of para-hydroxylation sites is 3. The van der Waals surface area contributed by atoms with E-state index in [9.17, 15) is 13.2 Å². The number of ether oxygens (including phenoxy) is 1. The van der Waals surface area contributed by atoms with Crippen LogP contribution < -0.4 is 14.2 Å². The van der Waals surface area contributed by atoms with E-state index in [0.29, 0.717) is 17.0 Å². The minimum absolute atomic E-state index is 0.134. The highest BCUT2D eigenvalue weighted by atomic mass is 32.2. The molecule has 0 fully saturated rings. The van der Waals surface area contributed by atoms with Crippen molar-refractivity contribution < 1.29 is 22.1 Å². The van der Waals surface area contributed by atoms with Crippen LogP contribution in [-0.2, 0) is 16.7 Å². The zero-order valence-electron chi connectivity index (χ0n) is 16.5. The van der Waals surface area contributed by atoms with Gasteiger partial charge >= 0.3 is 16.1 Å². The number of benzene rings is 2. The Bertz CT molecular complexity index is 912. The molecule has 0 saturated heterocycles. The van der Waals surface area contributed by atoms with Crippen LogP contribution in [0.1, 0.15) is 26.3 Å². The number of hydrogen-bond donors (Lipinski definition) is 1. The number of rotatable bonds is 8. The molecule has 2 rings (SSSR count). The number of urea groups is 1. The fraction of sp³-hybridized carbons (Fsp3) is 0.350. The van der Waals surface area contributed by atoms with Gasteiger partial charge in [-0.3, -0.25) is 0 Å². The zero-order valence-corrected chi connectivity index (χ0v) is 17.3. The standard InChI is InChI=1S/C20H26N2O5S/c1-5-28(24,25)27-18-12-8-6-10-16(18)14-22(15(2)3)20(23)21-17-11-7-9-13-19(17)26-4/h6-13,15H,5,14H2,1-4H3,(H,21,23). The van der Waals surface area contributed by atoms with Gasteiger partial charge in [0.15, 0.2) is 0 Å². The first-order valence-electron chi connectivity index (χ1n) is 8.98. The molecule has 2 aromatic carbocycles. The van der Waals surface area contributed by atoms with Crippen molar-refractivity contribution in [2.75, 3.05) is 18.2 Å². The molecule has 1 N–H and O–H groups in total. The molecule has 0 aliphatic carbocycles. The maximum atomic E-state index is 12.9. The highest BCUT2D eigenvalue weighted by Gasteiger charge is 2.21. The largest absolute Gasteiger partial charge is 0.495 e. The third-order valence-corrected chi connectivity index (χ3v) is 5.26. The van der Waals surface area contributed by atoms with Gasteiger partial charge in [0.1, 0.15) is 11.5 Å². The molecule has 0 heterocycles.